The van der Waals surface area contributed by atoms with Crippen LogP contribution in [0.1, 0.15) is 38.2 Å². The van der Waals surface area contributed by atoms with Gasteiger partial charge in [0.05, 0.1) is 13.2 Å². The Balaban J connectivity index is 1.60. The lowest BCUT2D eigenvalue weighted by Crippen LogP contribution is -2.24. The molecule has 2 atom stereocenters. The summed E-state index contributed by atoms with van der Waals surface area (Å²) in [6.45, 7) is 5.87. The van der Waals surface area contributed by atoms with Crippen LogP contribution in [0.25, 0.3) is 0 Å². The van der Waals surface area contributed by atoms with Crippen LogP contribution in [-0.4, -0.2) is 19.8 Å². The first-order valence-electron chi connectivity index (χ1n) is 7.93. The molecular formula is C17H25NO2. The van der Waals surface area contributed by atoms with Gasteiger partial charge in [0.1, 0.15) is 0 Å². The number of hydrogen-bond donors (Lipinski definition) is 1. The average molecular weight is 275 g/mol. The average Bonchev–Trinajstić information content (AvgIpc) is 2.73. The highest BCUT2D eigenvalue weighted by molar-refractivity contribution is 5.47. The minimum Gasteiger partial charge on any atom is -0.490 e. The fourth-order valence-electron chi connectivity index (χ4n) is 3.31. The normalized spacial score (nSPS) is 25.4. The van der Waals surface area contributed by atoms with Crippen molar-refractivity contribution in [2.24, 2.45) is 11.8 Å². The summed E-state index contributed by atoms with van der Waals surface area (Å²) in [6, 6.07) is 6.20. The molecule has 0 radical (unpaired) electrons. The zero-order chi connectivity index (χ0) is 13.8. The molecule has 0 aromatic heterocycles. The number of benzene rings is 1. The van der Waals surface area contributed by atoms with Crippen molar-refractivity contribution in [2.75, 3.05) is 19.8 Å². The van der Waals surface area contributed by atoms with Gasteiger partial charge in [0, 0.05) is 18.5 Å². The molecule has 0 bridgehead atoms. The van der Waals surface area contributed by atoms with E-state index in [0.717, 1.165) is 56.1 Å². The highest BCUT2D eigenvalue weighted by atomic mass is 16.5. The quantitative estimate of drug-likeness (QED) is 0.914. The molecular weight excluding hydrogens is 250 g/mol. The number of para-hydroxylation sites is 1. The van der Waals surface area contributed by atoms with Gasteiger partial charge in [-0.25, -0.2) is 0 Å². The molecule has 1 aromatic rings. The zero-order valence-corrected chi connectivity index (χ0v) is 12.4. The summed E-state index contributed by atoms with van der Waals surface area (Å²) in [5.74, 6) is 3.55. The van der Waals surface area contributed by atoms with Crippen LogP contribution >= 0.6 is 0 Å². The first-order valence-corrected chi connectivity index (χ1v) is 7.93. The summed E-state index contributed by atoms with van der Waals surface area (Å²) in [7, 11) is 0. The van der Waals surface area contributed by atoms with Gasteiger partial charge in [-0.05, 0) is 30.9 Å². The van der Waals surface area contributed by atoms with E-state index in [2.05, 4.69) is 24.4 Å². The Morgan fingerprint density at radius 1 is 1.15 bits per heavy atom. The SMILES string of the molecule is CC1CCCC1CNCc1cccc2c1OCCCO2. The molecule has 1 fully saturated rings. The maximum absolute atomic E-state index is 5.86. The van der Waals surface area contributed by atoms with Gasteiger partial charge < -0.3 is 14.8 Å². The van der Waals surface area contributed by atoms with E-state index in [1.165, 1.54) is 24.8 Å². The van der Waals surface area contributed by atoms with Gasteiger partial charge in [-0.15, -0.1) is 0 Å². The number of hydrogen-bond acceptors (Lipinski definition) is 3. The van der Waals surface area contributed by atoms with Crippen molar-refractivity contribution >= 4 is 0 Å². The van der Waals surface area contributed by atoms with E-state index in [0.29, 0.717) is 0 Å². The molecule has 1 aromatic carbocycles. The number of ether oxygens (including phenoxy) is 2. The predicted octanol–water partition coefficient (Wildman–Crippen LogP) is 3.37. The molecule has 1 heterocycles. The molecule has 0 spiro atoms. The Kier molecular flexibility index (Phi) is 4.46. The second-order valence-corrected chi connectivity index (χ2v) is 6.09. The van der Waals surface area contributed by atoms with Crippen LogP contribution in [0, 0.1) is 11.8 Å². The standard InChI is InChI=1S/C17H25NO2/c1-13-5-2-6-14(13)11-18-12-15-7-3-8-16-17(15)20-10-4-9-19-16/h3,7-8,13-14,18H,2,4-6,9-12H2,1H3. The molecule has 0 amide bonds. The van der Waals surface area contributed by atoms with Gasteiger partial charge in [0.25, 0.3) is 0 Å². The Hall–Kier alpha value is -1.22. The van der Waals surface area contributed by atoms with Crippen LogP contribution in [0.2, 0.25) is 0 Å². The maximum Gasteiger partial charge on any atom is 0.165 e. The predicted molar refractivity (Wildman–Crippen MR) is 80.3 cm³/mol. The van der Waals surface area contributed by atoms with Crippen LogP contribution in [0.15, 0.2) is 18.2 Å². The molecule has 2 aliphatic rings. The van der Waals surface area contributed by atoms with Gasteiger partial charge >= 0.3 is 0 Å². The van der Waals surface area contributed by atoms with Crippen molar-refractivity contribution in [3.63, 3.8) is 0 Å². The van der Waals surface area contributed by atoms with Gasteiger partial charge in [-0.2, -0.15) is 0 Å². The monoisotopic (exact) mass is 275 g/mol. The summed E-state index contributed by atoms with van der Waals surface area (Å²) in [6.07, 6.45) is 5.12. The van der Waals surface area contributed by atoms with Crippen LogP contribution in [0.3, 0.4) is 0 Å². The lowest BCUT2D eigenvalue weighted by atomic mass is 9.98. The molecule has 0 saturated heterocycles. The Bertz CT molecular complexity index is 447. The first kappa shape index (κ1) is 13.7. The van der Waals surface area contributed by atoms with E-state index >= 15 is 0 Å². The van der Waals surface area contributed by atoms with E-state index in [-0.39, 0.29) is 0 Å². The van der Waals surface area contributed by atoms with Crippen LogP contribution in [0.4, 0.5) is 0 Å². The van der Waals surface area contributed by atoms with Crippen molar-refractivity contribution in [3.8, 4) is 11.5 Å². The van der Waals surface area contributed by atoms with E-state index in [1.54, 1.807) is 0 Å². The summed E-state index contributed by atoms with van der Waals surface area (Å²) in [5.41, 5.74) is 1.22. The summed E-state index contributed by atoms with van der Waals surface area (Å²) in [4.78, 5) is 0. The molecule has 3 rings (SSSR count). The van der Waals surface area contributed by atoms with Crippen molar-refractivity contribution in [1.82, 2.24) is 5.32 Å². The third-order valence-corrected chi connectivity index (χ3v) is 4.61. The smallest absolute Gasteiger partial charge is 0.165 e. The molecule has 110 valence electrons. The van der Waals surface area contributed by atoms with Crippen LogP contribution in [0.5, 0.6) is 11.5 Å². The van der Waals surface area contributed by atoms with Crippen LogP contribution in [-0.2, 0) is 6.54 Å². The van der Waals surface area contributed by atoms with E-state index < -0.39 is 0 Å². The summed E-state index contributed by atoms with van der Waals surface area (Å²) < 4.78 is 11.6. The van der Waals surface area contributed by atoms with Crippen LogP contribution < -0.4 is 14.8 Å². The molecule has 2 unspecified atom stereocenters. The zero-order valence-electron chi connectivity index (χ0n) is 12.4. The summed E-state index contributed by atoms with van der Waals surface area (Å²) in [5, 5.41) is 3.61. The second kappa shape index (κ2) is 6.49. The third-order valence-electron chi connectivity index (χ3n) is 4.61. The van der Waals surface area contributed by atoms with Gasteiger partial charge in [0.15, 0.2) is 11.5 Å². The molecule has 1 saturated carbocycles. The first-order chi connectivity index (χ1) is 9.84. The maximum atomic E-state index is 5.86. The molecule has 1 aliphatic heterocycles. The molecule has 20 heavy (non-hydrogen) atoms. The largest absolute Gasteiger partial charge is 0.490 e. The molecule has 1 N–H and O–H groups in total. The molecule has 1 aliphatic carbocycles. The number of fused-ring (bicyclic) bond motifs is 1. The lowest BCUT2D eigenvalue weighted by Gasteiger charge is -2.17. The molecule has 3 nitrogen and oxygen atoms in total. The van der Waals surface area contributed by atoms with Crippen molar-refractivity contribution in [2.45, 2.75) is 39.2 Å². The molecule has 3 heteroatoms. The fourth-order valence-corrected chi connectivity index (χ4v) is 3.31. The third kappa shape index (κ3) is 3.09. The van der Waals surface area contributed by atoms with Gasteiger partial charge in [-0.1, -0.05) is 31.9 Å². The second-order valence-electron chi connectivity index (χ2n) is 6.09. The highest BCUT2D eigenvalue weighted by Crippen LogP contribution is 2.34. The topological polar surface area (TPSA) is 30.5 Å². The lowest BCUT2D eigenvalue weighted by molar-refractivity contribution is 0.295. The van der Waals surface area contributed by atoms with E-state index in [9.17, 15) is 0 Å². The summed E-state index contributed by atoms with van der Waals surface area (Å²) >= 11 is 0. The van der Waals surface area contributed by atoms with E-state index in [1.807, 2.05) is 6.07 Å². The Labute approximate surface area is 121 Å². The minimum absolute atomic E-state index is 0.753. The number of nitrogens with one attached hydrogen (secondary N) is 1. The van der Waals surface area contributed by atoms with Crippen molar-refractivity contribution in [3.05, 3.63) is 23.8 Å². The Morgan fingerprint density at radius 2 is 2.05 bits per heavy atom. The minimum atomic E-state index is 0.753. The van der Waals surface area contributed by atoms with Gasteiger partial charge in [-0.3, -0.25) is 0 Å². The van der Waals surface area contributed by atoms with Crippen molar-refractivity contribution in [1.29, 1.82) is 0 Å². The van der Waals surface area contributed by atoms with Gasteiger partial charge in [0.2, 0.25) is 0 Å². The fraction of sp³-hybridized carbons (Fsp3) is 0.647. The highest BCUT2D eigenvalue weighted by Gasteiger charge is 2.23. The van der Waals surface area contributed by atoms with Crippen molar-refractivity contribution < 1.29 is 9.47 Å². The van der Waals surface area contributed by atoms with E-state index in [4.69, 9.17) is 9.47 Å². The number of rotatable bonds is 4. The Morgan fingerprint density at radius 3 is 2.90 bits per heavy atom.